The van der Waals surface area contributed by atoms with E-state index in [-0.39, 0.29) is 53.4 Å². The maximum Gasteiger partial charge on any atom is 0.336 e. The molecule has 748 valence electrons. The van der Waals surface area contributed by atoms with Gasteiger partial charge in [-0.1, -0.05) is 0 Å². The van der Waals surface area contributed by atoms with E-state index < -0.39 is 119 Å². The van der Waals surface area contributed by atoms with Gasteiger partial charge >= 0.3 is 5.97 Å². The number of carboxylic acid groups (broad SMARTS) is 1. The number of nitrogens with zero attached hydrogens (tertiary/aromatic N) is 13. The minimum Gasteiger partial charge on any atom is -0.479 e. The van der Waals surface area contributed by atoms with Crippen molar-refractivity contribution in [3.05, 3.63) is 171 Å². The SMILES string of the molecule is CNCC1(C)OCCO1.Cc1cn(C)c([C@H](O)[C@@H](O)C(=O)NCC2CCN(c3ccc(F)cc3C#N)CC2)n1.[C-]#[N+]c1cc(F)ccc1N1CCC(CNC(=O)[C@@H]2OC(C)(C)O[C@H]2C(=O)N(C)CC2(C)OCCO2)CC1.[C-]#[N+]c1cc(F)ccc1N1CCC(CNC(=O)[C@@H]2OC(C)(C)O[C@H]2C(=O)O)CC1.[C-]#[N+]c1cc(F)ccc1N1CCC(CNC(=O)[C@@H]2OC(C)(C)O[C@H]2c2nc(C)cn2C)CC1. The third-order valence-electron chi connectivity index (χ3n) is 25.2. The molecule has 37 nitrogen and oxygen atoms in total. The molecule has 8 N–H and O–H groups in total. The number of ether oxygens (including phenoxy) is 10. The van der Waals surface area contributed by atoms with Crippen LogP contribution in [0.4, 0.5) is 57.4 Å². The maximum atomic E-state index is 13.5. The van der Waals surface area contributed by atoms with Gasteiger partial charge in [0, 0.05) is 136 Å². The molecule has 8 atom stereocenters. The number of aliphatic hydroxyl groups is 2. The quantitative estimate of drug-likeness (QED) is 0.0195. The molecule has 9 saturated heterocycles. The predicted molar refractivity (Wildman–Crippen MR) is 498 cm³/mol. The number of aliphatic hydroxyl groups excluding tert-OH is 2. The number of nitriles is 1. The number of piperidine rings is 4. The number of aliphatic carboxylic acids is 1. The van der Waals surface area contributed by atoms with Crippen molar-refractivity contribution in [3.63, 3.8) is 0 Å². The van der Waals surface area contributed by atoms with Crippen LogP contribution in [0.1, 0.15) is 148 Å². The predicted octanol–water partition coefficient (Wildman–Crippen LogP) is 9.54. The van der Waals surface area contributed by atoms with Gasteiger partial charge in [-0.2, -0.15) is 5.26 Å². The van der Waals surface area contributed by atoms with E-state index in [1.54, 1.807) is 105 Å². The van der Waals surface area contributed by atoms with Gasteiger partial charge in [-0.05, 0) is 224 Å². The van der Waals surface area contributed by atoms with E-state index in [0.717, 1.165) is 101 Å². The molecule has 0 spiro atoms. The molecule has 9 aliphatic rings. The largest absolute Gasteiger partial charge is 0.479 e. The number of aryl methyl sites for hydroxylation is 4. The second-order valence-corrected chi connectivity index (χ2v) is 37.5. The molecule has 0 aliphatic carbocycles. The van der Waals surface area contributed by atoms with Crippen molar-refractivity contribution in [2.45, 2.75) is 198 Å². The first-order valence-electron chi connectivity index (χ1n) is 46.4. The minimum absolute atomic E-state index is 0.197. The second kappa shape index (κ2) is 47.4. The molecule has 2 aromatic heterocycles. The summed E-state index contributed by atoms with van der Waals surface area (Å²) in [5.74, 6) is -7.56. The Labute approximate surface area is 801 Å². The highest BCUT2D eigenvalue weighted by atomic mass is 19.1. The number of hydrogen-bond acceptors (Lipinski definition) is 26. The lowest BCUT2D eigenvalue weighted by Gasteiger charge is -2.34. The number of rotatable bonds is 25. The van der Waals surface area contributed by atoms with Gasteiger partial charge in [0.1, 0.15) is 47.1 Å². The zero-order valence-corrected chi connectivity index (χ0v) is 80.6. The van der Waals surface area contributed by atoms with Gasteiger partial charge in [0.05, 0.1) is 75.3 Å². The smallest absolute Gasteiger partial charge is 0.336 e. The van der Waals surface area contributed by atoms with E-state index in [0.29, 0.717) is 124 Å². The van der Waals surface area contributed by atoms with Crippen LogP contribution in [-0.2, 0) is 90.2 Å². The number of benzene rings is 4. The molecule has 9 aliphatic heterocycles. The number of carboxylic acids is 1. The Morgan fingerprint density at radius 2 is 0.848 bits per heavy atom. The first-order valence-corrected chi connectivity index (χ1v) is 46.4. The average Bonchev–Trinajstić information content (AvgIpc) is 1.65. The number of hydrogen-bond donors (Lipinski definition) is 8. The zero-order chi connectivity index (χ0) is 100. The van der Waals surface area contributed by atoms with E-state index in [9.17, 15) is 66.9 Å². The zero-order valence-electron chi connectivity index (χ0n) is 80.6. The number of amides is 5. The number of aromatic nitrogens is 4. The Kier molecular flexibility index (Phi) is 36.7. The highest BCUT2D eigenvalue weighted by Gasteiger charge is 2.53. The van der Waals surface area contributed by atoms with Crippen LogP contribution >= 0.6 is 0 Å². The van der Waals surface area contributed by atoms with Gasteiger partial charge in [0.25, 0.3) is 29.5 Å². The van der Waals surface area contributed by atoms with Gasteiger partial charge in [-0.15, -0.1) is 0 Å². The molecule has 0 saturated carbocycles. The Hall–Kier alpha value is -11.5. The van der Waals surface area contributed by atoms with Crippen molar-refractivity contribution in [2.24, 2.45) is 37.8 Å². The van der Waals surface area contributed by atoms with Crippen molar-refractivity contribution in [2.75, 3.05) is 152 Å². The van der Waals surface area contributed by atoms with Crippen molar-refractivity contribution in [1.29, 1.82) is 5.26 Å². The van der Waals surface area contributed by atoms with Crippen LogP contribution in [0, 0.1) is 91.8 Å². The van der Waals surface area contributed by atoms with Crippen LogP contribution in [0.25, 0.3) is 14.5 Å². The van der Waals surface area contributed by atoms with Crippen LogP contribution in [-0.4, -0.2) is 273 Å². The summed E-state index contributed by atoms with van der Waals surface area (Å²) in [6.45, 7) is 50.0. The molecule has 5 amide bonds. The summed E-state index contributed by atoms with van der Waals surface area (Å²) < 4.78 is 113. The Morgan fingerprint density at radius 1 is 0.500 bits per heavy atom. The molecule has 9 fully saturated rings. The molecular formula is C97H128F4N18O19. The van der Waals surface area contributed by atoms with Gasteiger partial charge in [-0.25, -0.2) is 46.9 Å². The monoisotopic (exact) mass is 1920 g/mol. The Balaban J connectivity index is 0.000000171. The Bertz CT molecular complexity index is 5380. The van der Waals surface area contributed by atoms with Gasteiger partial charge in [-0.3, -0.25) is 24.0 Å². The summed E-state index contributed by atoms with van der Waals surface area (Å²) in [7, 11) is 7.08. The van der Waals surface area contributed by atoms with Crippen molar-refractivity contribution >= 4 is 75.3 Å². The van der Waals surface area contributed by atoms with Crippen molar-refractivity contribution < 1.29 is 109 Å². The van der Waals surface area contributed by atoms with E-state index in [1.165, 1.54) is 53.4 Å². The molecule has 138 heavy (non-hydrogen) atoms. The first-order chi connectivity index (χ1) is 65.4. The van der Waals surface area contributed by atoms with Crippen LogP contribution < -0.4 is 46.2 Å². The number of anilines is 4. The fourth-order valence-electron chi connectivity index (χ4n) is 18.2. The fraction of sp³-hybridized carbons (Fsp3) is 0.588. The van der Waals surface area contributed by atoms with Crippen LogP contribution in [0.2, 0.25) is 0 Å². The van der Waals surface area contributed by atoms with E-state index in [4.69, 9.17) is 67.1 Å². The molecule has 0 radical (unpaired) electrons. The number of carbonyl (C=O) groups excluding carboxylic acids is 5. The first kappa shape index (κ1) is 107. The third-order valence-corrected chi connectivity index (χ3v) is 25.2. The summed E-state index contributed by atoms with van der Waals surface area (Å²) in [6, 6.07) is 19.0. The summed E-state index contributed by atoms with van der Waals surface area (Å²) in [5, 5.41) is 53.4. The minimum atomic E-state index is -1.61. The summed E-state index contributed by atoms with van der Waals surface area (Å²) in [4.78, 5) is 104. The highest BCUT2D eigenvalue weighted by molar-refractivity contribution is 5.92. The standard InChI is InChI=1S/C26H35FN4O6.C24H30FN5O3.C21H26FN5O3.C20H24FN3O5.C6H13NO2/c1-25(2)36-21(22(37-25)24(33)30(5)16-26(3)34-12-13-35-26)23(32)29-15-17-8-10-31(11-9-17)20-7-6-18(27)14-19(20)28-4;1-15-14-29(5)22(28-15)20-21(33-24(2,3)32-20)23(31)27-13-16-8-10-30(11-9-16)19-7-6-17(25)12-18(19)26-4;1-13-12-26(2)20(25-13)18(28)19(29)21(30)24-11-14-5-7-27(8-6-14)17-4-3-16(22)9-15(17)10-23;1-20(2)28-16(17(29-20)19(26)27)18(25)23-11-12-6-8-24(9-7-12)15-5-4-13(21)10-14(15)22-3;1-6(5-7-2)8-3-4-9-6/h6-7,14,17,21-22H,8-13,15-16H2,1-3,5H3,(H,29,32);6-7,12,14,16,20-21H,8-11,13H2,1-3,5H3,(H,27,31);3-4,9,12,14,18-19,28-29H,5-8,11H2,1-2H3,(H,24,30);4-5,10,12,16-17H,6-9,11H2,1-2H3,(H,23,25)(H,26,27);7H,3-5H2,1-2H3/t21-,22-;20-,21-;18-,19-;16-,17-;/m1111./s1. The van der Waals surface area contributed by atoms with Gasteiger partial charge in [0.15, 0.2) is 71.7 Å². The Morgan fingerprint density at radius 3 is 1.23 bits per heavy atom. The number of halogens is 4. The normalized spacial score (nSPS) is 22.5. The molecule has 41 heteroatoms. The lowest BCUT2D eigenvalue weighted by atomic mass is 9.95. The molecule has 0 bridgehead atoms. The fourth-order valence-corrected chi connectivity index (χ4v) is 18.2. The molecule has 11 heterocycles. The van der Waals surface area contributed by atoms with Crippen LogP contribution in [0.15, 0.2) is 85.2 Å². The number of imidazole rings is 2. The van der Waals surface area contributed by atoms with Gasteiger partial charge < -0.3 is 123 Å². The molecule has 6 aromatic rings. The molecule has 15 rings (SSSR count). The molecule has 4 aromatic carbocycles. The van der Waals surface area contributed by atoms with Crippen molar-refractivity contribution in [1.82, 2.24) is 50.6 Å². The third kappa shape index (κ3) is 28.6. The summed E-state index contributed by atoms with van der Waals surface area (Å²) in [5.41, 5.74) is 5.69. The van der Waals surface area contributed by atoms with Crippen molar-refractivity contribution in [3.8, 4) is 6.07 Å². The molecular weight excluding hydrogens is 1800 g/mol. The summed E-state index contributed by atoms with van der Waals surface area (Å²) in [6.07, 6.45) is 0.983. The number of nitrogens with one attached hydrogen (secondary N) is 5. The van der Waals surface area contributed by atoms with E-state index in [2.05, 4.69) is 60.9 Å². The maximum absolute atomic E-state index is 13.5. The van der Waals surface area contributed by atoms with Gasteiger partial charge in [0.2, 0.25) is 17.1 Å². The topological polar surface area (TPSA) is 404 Å². The average molecular weight is 1930 g/mol. The van der Waals surface area contributed by atoms with Crippen LogP contribution in [0.3, 0.4) is 0 Å². The van der Waals surface area contributed by atoms with E-state index in [1.807, 2.05) is 54.6 Å². The number of carbonyl (C=O) groups is 6. The van der Waals surface area contributed by atoms with Crippen LogP contribution in [0.5, 0.6) is 0 Å². The van der Waals surface area contributed by atoms with E-state index >= 15 is 0 Å². The summed E-state index contributed by atoms with van der Waals surface area (Å²) >= 11 is 0. The lowest BCUT2D eigenvalue weighted by molar-refractivity contribution is -0.175. The highest BCUT2D eigenvalue weighted by Crippen LogP contribution is 2.41. The molecule has 0 unspecified atom stereocenters. The second-order valence-electron chi connectivity index (χ2n) is 37.5. The lowest BCUT2D eigenvalue weighted by Crippen LogP contribution is -2.52. The number of likely N-dealkylation sites (N-methyl/N-ethyl adjacent to an activating group) is 2.